The largest absolute Gasteiger partial charge is 0.462 e. The third-order valence-corrected chi connectivity index (χ3v) is 3.15. The van der Waals surface area contributed by atoms with Gasteiger partial charge in [0.15, 0.2) is 6.10 Å². The Morgan fingerprint density at radius 1 is 0.905 bits per heavy atom. The number of rotatable bonds is 9. The monoisotopic (exact) mass is 302 g/mol. The van der Waals surface area contributed by atoms with E-state index in [-0.39, 0.29) is 26.1 Å². The van der Waals surface area contributed by atoms with Crippen LogP contribution in [0.5, 0.6) is 0 Å². The van der Waals surface area contributed by atoms with E-state index in [0.717, 1.165) is 0 Å². The van der Waals surface area contributed by atoms with Crippen molar-refractivity contribution in [2.75, 3.05) is 13.2 Å². The SMILES string of the molecule is CCC(=O)OCC(COC(=O)CC)OC(=O)C(C)(C)CC. The third-order valence-electron chi connectivity index (χ3n) is 3.15. The molecule has 6 nitrogen and oxygen atoms in total. The molecule has 0 amide bonds. The van der Waals surface area contributed by atoms with Crippen molar-refractivity contribution in [1.29, 1.82) is 0 Å². The second kappa shape index (κ2) is 9.37. The molecular weight excluding hydrogens is 276 g/mol. The van der Waals surface area contributed by atoms with Gasteiger partial charge in [0.05, 0.1) is 5.41 Å². The van der Waals surface area contributed by atoms with E-state index in [4.69, 9.17) is 14.2 Å². The van der Waals surface area contributed by atoms with E-state index in [0.29, 0.717) is 6.42 Å². The molecule has 0 radical (unpaired) electrons. The summed E-state index contributed by atoms with van der Waals surface area (Å²) in [7, 11) is 0. The summed E-state index contributed by atoms with van der Waals surface area (Å²) in [5.74, 6) is -1.20. The molecule has 0 aromatic heterocycles. The highest BCUT2D eigenvalue weighted by Gasteiger charge is 2.30. The van der Waals surface area contributed by atoms with Gasteiger partial charge in [0, 0.05) is 12.8 Å². The molecule has 122 valence electrons. The Morgan fingerprint density at radius 3 is 1.67 bits per heavy atom. The lowest BCUT2D eigenvalue weighted by atomic mass is 9.90. The highest BCUT2D eigenvalue weighted by Crippen LogP contribution is 2.22. The molecule has 0 saturated heterocycles. The predicted octanol–water partition coefficient (Wildman–Crippen LogP) is 2.24. The van der Waals surface area contributed by atoms with Crippen molar-refractivity contribution in [3.05, 3.63) is 0 Å². The summed E-state index contributed by atoms with van der Waals surface area (Å²) < 4.78 is 15.2. The highest BCUT2D eigenvalue weighted by molar-refractivity contribution is 5.76. The average molecular weight is 302 g/mol. The van der Waals surface area contributed by atoms with E-state index < -0.39 is 29.4 Å². The molecule has 0 aliphatic carbocycles. The number of ether oxygens (including phenoxy) is 3. The first-order valence-electron chi connectivity index (χ1n) is 7.29. The molecule has 0 fully saturated rings. The molecule has 0 aliphatic rings. The van der Waals surface area contributed by atoms with Gasteiger partial charge in [-0.1, -0.05) is 20.8 Å². The zero-order valence-electron chi connectivity index (χ0n) is 13.6. The van der Waals surface area contributed by atoms with Gasteiger partial charge < -0.3 is 14.2 Å². The number of hydrogen-bond acceptors (Lipinski definition) is 6. The van der Waals surface area contributed by atoms with Crippen LogP contribution in [0.4, 0.5) is 0 Å². The zero-order chi connectivity index (χ0) is 16.5. The Balaban J connectivity index is 4.59. The van der Waals surface area contributed by atoms with Gasteiger partial charge in [-0.15, -0.1) is 0 Å². The molecule has 0 heterocycles. The minimum absolute atomic E-state index is 0.116. The minimum atomic E-state index is -0.783. The van der Waals surface area contributed by atoms with Crippen molar-refractivity contribution in [3.63, 3.8) is 0 Å². The van der Waals surface area contributed by atoms with E-state index in [2.05, 4.69) is 0 Å². The minimum Gasteiger partial charge on any atom is -0.462 e. The Kier molecular flexibility index (Phi) is 8.66. The molecule has 0 aromatic carbocycles. The highest BCUT2D eigenvalue weighted by atomic mass is 16.6. The molecule has 21 heavy (non-hydrogen) atoms. The first kappa shape index (κ1) is 19.4. The van der Waals surface area contributed by atoms with Crippen LogP contribution in [0, 0.1) is 5.41 Å². The fourth-order valence-corrected chi connectivity index (χ4v) is 1.15. The fourth-order valence-electron chi connectivity index (χ4n) is 1.15. The standard InChI is InChI=1S/C15H26O6/c1-6-12(16)19-9-11(10-20-13(17)7-2)21-14(18)15(4,5)8-3/h11H,6-10H2,1-5H3. The molecule has 0 spiro atoms. The van der Waals surface area contributed by atoms with Crippen molar-refractivity contribution in [2.24, 2.45) is 5.41 Å². The van der Waals surface area contributed by atoms with Crippen molar-refractivity contribution < 1.29 is 28.6 Å². The fraction of sp³-hybridized carbons (Fsp3) is 0.800. The van der Waals surface area contributed by atoms with Gasteiger partial charge >= 0.3 is 17.9 Å². The van der Waals surface area contributed by atoms with Crippen LogP contribution in [0.1, 0.15) is 53.9 Å². The van der Waals surface area contributed by atoms with Crippen molar-refractivity contribution in [2.45, 2.75) is 60.0 Å². The Morgan fingerprint density at radius 2 is 1.33 bits per heavy atom. The van der Waals surface area contributed by atoms with Crippen molar-refractivity contribution in [3.8, 4) is 0 Å². The normalized spacial score (nSPS) is 11.1. The van der Waals surface area contributed by atoms with E-state index in [1.54, 1.807) is 27.7 Å². The molecule has 0 aliphatic heterocycles. The maximum Gasteiger partial charge on any atom is 0.312 e. The molecule has 6 heteroatoms. The lowest BCUT2D eigenvalue weighted by Crippen LogP contribution is -2.35. The third kappa shape index (κ3) is 7.68. The quantitative estimate of drug-likeness (QED) is 0.480. The Hall–Kier alpha value is -1.59. The van der Waals surface area contributed by atoms with Gasteiger partial charge in [0.1, 0.15) is 13.2 Å². The summed E-state index contributed by atoms with van der Waals surface area (Å²) in [5, 5.41) is 0. The average Bonchev–Trinajstić information content (AvgIpc) is 2.48. The second-order valence-corrected chi connectivity index (χ2v) is 5.34. The number of carbonyl (C=O) groups is 3. The summed E-state index contributed by atoms with van der Waals surface area (Å²) in [5.41, 5.74) is -0.637. The van der Waals surface area contributed by atoms with E-state index in [1.165, 1.54) is 0 Å². The predicted molar refractivity (Wildman–Crippen MR) is 76.5 cm³/mol. The van der Waals surface area contributed by atoms with Crippen LogP contribution < -0.4 is 0 Å². The van der Waals surface area contributed by atoms with Gasteiger partial charge in [-0.2, -0.15) is 0 Å². The molecule has 0 bridgehead atoms. The van der Waals surface area contributed by atoms with Crippen LogP contribution in [-0.4, -0.2) is 37.2 Å². The van der Waals surface area contributed by atoms with E-state index in [1.807, 2.05) is 6.92 Å². The summed E-state index contributed by atoms with van der Waals surface area (Å²) in [6.45, 7) is 8.52. The molecule has 0 atom stereocenters. The summed E-state index contributed by atoms with van der Waals surface area (Å²) in [6, 6.07) is 0. The zero-order valence-corrected chi connectivity index (χ0v) is 13.6. The molecular formula is C15H26O6. The van der Waals surface area contributed by atoms with Crippen molar-refractivity contribution in [1.82, 2.24) is 0 Å². The molecule has 0 saturated carbocycles. The smallest absolute Gasteiger partial charge is 0.312 e. The summed E-state index contributed by atoms with van der Waals surface area (Å²) in [4.78, 5) is 34.4. The maximum absolute atomic E-state index is 12.0. The first-order chi connectivity index (χ1) is 9.76. The number of carbonyl (C=O) groups excluding carboxylic acids is 3. The summed E-state index contributed by atoms with van der Waals surface area (Å²) >= 11 is 0. The van der Waals surface area contributed by atoms with Gasteiger partial charge in [0.25, 0.3) is 0 Å². The van der Waals surface area contributed by atoms with Gasteiger partial charge in [-0.25, -0.2) is 0 Å². The maximum atomic E-state index is 12.0. The van der Waals surface area contributed by atoms with Crippen LogP contribution >= 0.6 is 0 Å². The molecule has 0 N–H and O–H groups in total. The van der Waals surface area contributed by atoms with Gasteiger partial charge in [-0.3, -0.25) is 14.4 Å². The lowest BCUT2D eigenvalue weighted by Gasteiger charge is -2.25. The van der Waals surface area contributed by atoms with Crippen LogP contribution in [0.15, 0.2) is 0 Å². The van der Waals surface area contributed by atoms with Crippen LogP contribution in [0.25, 0.3) is 0 Å². The first-order valence-corrected chi connectivity index (χ1v) is 7.29. The Bertz CT molecular complexity index is 341. The van der Waals surface area contributed by atoms with Crippen LogP contribution in [-0.2, 0) is 28.6 Å². The van der Waals surface area contributed by atoms with Crippen LogP contribution in [0.2, 0.25) is 0 Å². The Labute approximate surface area is 126 Å². The number of hydrogen-bond donors (Lipinski definition) is 0. The van der Waals surface area contributed by atoms with Gasteiger partial charge in [0.2, 0.25) is 0 Å². The molecule has 0 unspecified atom stereocenters. The summed E-state index contributed by atoms with van der Waals surface area (Å²) in [6.07, 6.45) is 0.294. The molecule has 0 aromatic rings. The van der Waals surface area contributed by atoms with E-state index in [9.17, 15) is 14.4 Å². The van der Waals surface area contributed by atoms with Crippen LogP contribution in [0.3, 0.4) is 0 Å². The van der Waals surface area contributed by atoms with E-state index >= 15 is 0 Å². The van der Waals surface area contributed by atoms with Gasteiger partial charge in [-0.05, 0) is 20.3 Å². The molecule has 0 rings (SSSR count). The second-order valence-electron chi connectivity index (χ2n) is 5.34. The number of esters is 3. The van der Waals surface area contributed by atoms with Crippen molar-refractivity contribution >= 4 is 17.9 Å². The lowest BCUT2D eigenvalue weighted by molar-refractivity contribution is -0.173. The topological polar surface area (TPSA) is 78.9 Å².